The van der Waals surface area contributed by atoms with Crippen LogP contribution in [0.5, 0.6) is 5.75 Å². The maximum Gasteiger partial charge on any atom is 0.242 e. The molecule has 0 radical (unpaired) electrons. The van der Waals surface area contributed by atoms with Gasteiger partial charge in [-0.3, -0.25) is 0 Å². The number of hydrogen-bond acceptors (Lipinski definition) is 5. The molecule has 10 heteroatoms. The molecule has 26 heavy (non-hydrogen) atoms. The third-order valence-electron chi connectivity index (χ3n) is 3.39. The number of sulfonamides is 2. The molecule has 0 aliphatic carbocycles. The maximum absolute atomic E-state index is 12.1. The Morgan fingerprint density at radius 1 is 0.923 bits per heavy atom. The molecule has 2 aromatic carbocycles. The first-order valence-electron chi connectivity index (χ1n) is 7.53. The molecule has 0 atom stereocenters. The summed E-state index contributed by atoms with van der Waals surface area (Å²) in [6, 6.07) is 11.7. The Kier molecular flexibility index (Phi) is 6.64. The molecule has 0 saturated heterocycles. The van der Waals surface area contributed by atoms with Gasteiger partial charge < -0.3 is 4.74 Å². The largest absolute Gasteiger partial charge is 0.492 e. The highest BCUT2D eigenvalue weighted by Crippen LogP contribution is 2.18. The van der Waals surface area contributed by atoms with Gasteiger partial charge in [0.15, 0.2) is 0 Å². The first-order chi connectivity index (χ1) is 12.1. The molecule has 0 unspecified atom stereocenters. The number of halogens is 1. The molecule has 0 saturated carbocycles. The summed E-state index contributed by atoms with van der Waals surface area (Å²) in [7, 11) is -4.23. The molecule has 0 bridgehead atoms. The predicted molar refractivity (Wildman–Crippen MR) is 99.5 cm³/mol. The fraction of sp³-hybridized carbons (Fsp3) is 0.250. The molecule has 0 amide bonds. The Morgan fingerprint density at radius 3 is 2.00 bits per heavy atom. The van der Waals surface area contributed by atoms with E-state index in [0.717, 1.165) is 4.31 Å². The average Bonchev–Trinajstić information content (AvgIpc) is 2.59. The monoisotopic (exact) mass is 418 g/mol. The van der Waals surface area contributed by atoms with Crippen molar-refractivity contribution in [2.75, 3.05) is 27.2 Å². The molecule has 7 nitrogen and oxygen atoms in total. The van der Waals surface area contributed by atoms with E-state index in [1.54, 1.807) is 0 Å². The number of ether oxygens (including phenoxy) is 1. The van der Waals surface area contributed by atoms with Crippen LogP contribution in [0, 0.1) is 0 Å². The van der Waals surface area contributed by atoms with Gasteiger partial charge in [0.25, 0.3) is 0 Å². The Hall–Kier alpha value is -1.65. The topological polar surface area (TPSA) is 92.8 Å². The fourth-order valence-electron chi connectivity index (χ4n) is 1.96. The number of nitrogens with one attached hydrogen (secondary N) is 1. The van der Waals surface area contributed by atoms with Crippen LogP contribution >= 0.6 is 11.6 Å². The van der Waals surface area contributed by atoms with Crippen LogP contribution in [-0.4, -0.2) is 48.4 Å². The standard InChI is InChI=1S/C16H19ClN2O5S2/c1-19(2)26(22,23)16-9-5-14(6-10-16)24-12-11-18-25(20,21)15-7-3-13(17)4-8-15/h3-10,18H,11-12H2,1-2H3. The SMILES string of the molecule is CN(C)S(=O)(=O)c1ccc(OCCNS(=O)(=O)c2ccc(Cl)cc2)cc1. The summed E-state index contributed by atoms with van der Waals surface area (Å²) in [6.07, 6.45) is 0. The van der Waals surface area contributed by atoms with E-state index in [1.165, 1.54) is 62.6 Å². The van der Waals surface area contributed by atoms with E-state index < -0.39 is 20.0 Å². The molecule has 0 heterocycles. The zero-order chi connectivity index (χ0) is 19.4. The first-order valence-corrected chi connectivity index (χ1v) is 10.8. The molecule has 2 aromatic rings. The molecule has 0 spiro atoms. The zero-order valence-electron chi connectivity index (χ0n) is 14.2. The van der Waals surface area contributed by atoms with Crippen molar-refractivity contribution in [2.24, 2.45) is 0 Å². The van der Waals surface area contributed by atoms with Crippen LogP contribution in [0.3, 0.4) is 0 Å². The minimum atomic E-state index is -3.64. The van der Waals surface area contributed by atoms with Crippen LogP contribution in [-0.2, 0) is 20.0 Å². The van der Waals surface area contributed by atoms with Crippen molar-refractivity contribution in [1.29, 1.82) is 0 Å². The van der Waals surface area contributed by atoms with Crippen molar-refractivity contribution in [2.45, 2.75) is 9.79 Å². The second kappa shape index (κ2) is 8.36. The van der Waals surface area contributed by atoms with E-state index >= 15 is 0 Å². The molecule has 0 aliphatic heterocycles. The van der Waals surface area contributed by atoms with Crippen molar-refractivity contribution in [1.82, 2.24) is 9.03 Å². The first kappa shape index (κ1) is 20.7. The van der Waals surface area contributed by atoms with E-state index in [4.69, 9.17) is 16.3 Å². The van der Waals surface area contributed by atoms with E-state index in [9.17, 15) is 16.8 Å². The number of hydrogen-bond donors (Lipinski definition) is 1. The van der Waals surface area contributed by atoms with Gasteiger partial charge in [-0.25, -0.2) is 25.9 Å². The number of benzene rings is 2. The van der Waals surface area contributed by atoms with Gasteiger partial charge in [0.2, 0.25) is 20.0 Å². The lowest BCUT2D eigenvalue weighted by molar-refractivity contribution is 0.322. The minimum absolute atomic E-state index is 0.0582. The van der Waals surface area contributed by atoms with Gasteiger partial charge in [0, 0.05) is 25.7 Å². The van der Waals surface area contributed by atoms with Crippen LogP contribution in [0.15, 0.2) is 58.3 Å². The summed E-state index contributed by atoms with van der Waals surface area (Å²) in [4.78, 5) is 0.262. The second-order valence-corrected chi connectivity index (χ2v) is 9.81. The zero-order valence-corrected chi connectivity index (χ0v) is 16.6. The summed E-state index contributed by atoms with van der Waals surface area (Å²) < 4.78 is 57.1. The van der Waals surface area contributed by atoms with E-state index in [0.29, 0.717) is 10.8 Å². The van der Waals surface area contributed by atoms with Gasteiger partial charge in [-0.05, 0) is 48.5 Å². The second-order valence-electron chi connectivity index (χ2n) is 5.46. The molecule has 1 N–H and O–H groups in total. The van der Waals surface area contributed by atoms with Gasteiger partial charge in [-0.2, -0.15) is 0 Å². The van der Waals surface area contributed by atoms with Crippen LogP contribution in [0.25, 0.3) is 0 Å². The van der Waals surface area contributed by atoms with Crippen LogP contribution in [0.1, 0.15) is 0 Å². The van der Waals surface area contributed by atoms with Gasteiger partial charge in [0.05, 0.1) is 9.79 Å². The fourth-order valence-corrected chi connectivity index (χ4v) is 4.00. The lowest BCUT2D eigenvalue weighted by atomic mass is 10.3. The van der Waals surface area contributed by atoms with Gasteiger partial charge >= 0.3 is 0 Å². The van der Waals surface area contributed by atoms with Gasteiger partial charge in [-0.1, -0.05) is 11.6 Å². The van der Waals surface area contributed by atoms with Crippen molar-refractivity contribution in [3.63, 3.8) is 0 Å². The lowest BCUT2D eigenvalue weighted by Gasteiger charge is -2.12. The van der Waals surface area contributed by atoms with Gasteiger partial charge in [0.1, 0.15) is 12.4 Å². The van der Waals surface area contributed by atoms with Crippen molar-refractivity contribution >= 4 is 31.6 Å². The van der Waals surface area contributed by atoms with Crippen molar-refractivity contribution in [3.05, 3.63) is 53.6 Å². The van der Waals surface area contributed by atoms with Gasteiger partial charge in [-0.15, -0.1) is 0 Å². The molecule has 0 aliphatic rings. The Labute approximate surface area is 158 Å². The summed E-state index contributed by atoms with van der Waals surface area (Å²) in [5.74, 6) is 0.438. The molecule has 0 aromatic heterocycles. The highest BCUT2D eigenvalue weighted by molar-refractivity contribution is 7.89. The van der Waals surface area contributed by atoms with Crippen molar-refractivity contribution < 1.29 is 21.6 Å². The minimum Gasteiger partial charge on any atom is -0.492 e. The third-order valence-corrected chi connectivity index (χ3v) is 6.95. The number of nitrogens with zero attached hydrogens (tertiary/aromatic N) is 1. The van der Waals surface area contributed by atoms with E-state index in [2.05, 4.69) is 4.72 Å². The maximum atomic E-state index is 12.1. The summed E-state index contributed by atoms with van der Waals surface area (Å²) in [5.41, 5.74) is 0. The van der Waals surface area contributed by atoms with Crippen LogP contribution in [0.4, 0.5) is 0 Å². The normalized spacial score (nSPS) is 12.3. The Morgan fingerprint density at radius 2 is 1.46 bits per heavy atom. The summed E-state index contributed by atoms with van der Waals surface area (Å²) >= 11 is 5.74. The third kappa shape index (κ3) is 5.18. The smallest absolute Gasteiger partial charge is 0.242 e. The average molecular weight is 419 g/mol. The van der Waals surface area contributed by atoms with Crippen LogP contribution < -0.4 is 9.46 Å². The molecular weight excluding hydrogens is 400 g/mol. The summed E-state index contributed by atoms with van der Waals surface area (Å²) in [6.45, 7) is 0.148. The van der Waals surface area contributed by atoms with E-state index in [-0.39, 0.29) is 22.9 Å². The quantitative estimate of drug-likeness (QED) is 0.661. The number of rotatable bonds is 8. The van der Waals surface area contributed by atoms with Crippen LogP contribution in [0.2, 0.25) is 5.02 Å². The Bertz CT molecular complexity index is 941. The Balaban J connectivity index is 1.89. The van der Waals surface area contributed by atoms with E-state index in [1.807, 2.05) is 0 Å². The summed E-state index contributed by atoms with van der Waals surface area (Å²) in [5, 5.41) is 0.451. The highest BCUT2D eigenvalue weighted by Gasteiger charge is 2.17. The molecule has 142 valence electrons. The highest BCUT2D eigenvalue weighted by atomic mass is 35.5. The molecular formula is C16H19ClN2O5S2. The predicted octanol–water partition coefficient (Wildman–Crippen LogP) is 1.95. The molecule has 2 rings (SSSR count). The van der Waals surface area contributed by atoms with Crippen molar-refractivity contribution in [3.8, 4) is 5.75 Å². The molecule has 0 fully saturated rings. The lowest BCUT2D eigenvalue weighted by Crippen LogP contribution is -2.28.